The molecule has 126 valence electrons. The first-order chi connectivity index (χ1) is 12.0. The summed E-state index contributed by atoms with van der Waals surface area (Å²) < 4.78 is 15.3. The lowest BCUT2D eigenvalue weighted by Gasteiger charge is -2.06. The van der Waals surface area contributed by atoms with Gasteiger partial charge in [-0.25, -0.2) is 9.07 Å². The van der Waals surface area contributed by atoms with Crippen molar-refractivity contribution in [1.29, 1.82) is 0 Å². The molecular weight excluding hydrogens is 345 g/mol. The smallest absolute Gasteiger partial charge is 0.248 e. The minimum absolute atomic E-state index is 0.0320. The number of hydrogen-bond acceptors (Lipinski definition) is 4. The molecule has 0 atom stereocenters. The van der Waals surface area contributed by atoms with E-state index >= 15 is 0 Å². The zero-order chi connectivity index (χ0) is 17.8. The Labute approximate surface area is 147 Å². The molecule has 3 rings (SSSR count). The summed E-state index contributed by atoms with van der Waals surface area (Å²) >= 11 is 6.04. The zero-order valence-corrected chi connectivity index (χ0v) is 13.9. The topological polar surface area (TPSA) is 72.7 Å². The third-order valence-electron chi connectivity index (χ3n) is 3.44. The van der Waals surface area contributed by atoms with E-state index in [1.807, 2.05) is 19.1 Å². The number of nitrogens with zero attached hydrogens (tertiary/aromatic N) is 4. The molecule has 1 N–H and O–H groups in total. The minimum atomic E-state index is -0.558. The van der Waals surface area contributed by atoms with E-state index in [9.17, 15) is 9.18 Å². The summed E-state index contributed by atoms with van der Waals surface area (Å²) in [4.78, 5) is 12.0. The van der Waals surface area contributed by atoms with E-state index < -0.39 is 11.7 Å². The van der Waals surface area contributed by atoms with Crippen molar-refractivity contribution in [2.75, 3.05) is 5.32 Å². The molecule has 1 amide bonds. The average Bonchev–Trinajstić information content (AvgIpc) is 3.12. The van der Waals surface area contributed by atoms with Crippen LogP contribution in [-0.4, -0.2) is 26.1 Å². The van der Waals surface area contributed by atoms with Gasteiger partial charge in [0.1, 0.15) is 12.1 Å². The van der Waals surface area contributed by atoms with Crippen LogP contribution in [-0.2, 0) is 4.79 Å². The second kappa shape index (κ2) is 7.23. The van der Waals surface area contributed by atoms with Crippen LogP contribution in [0.3, 0.4) is 0 Å². The molecule has 0 saturated heterocycles. The first-order valence-electron chi connectivity index (χ1n) is 7.31. The molecule has 0 bridgehead atoms. The van der Waals surface area contributed by atoms with Gasteiger partial charge in [-0.3, -0.25) is 4.79 Å². The molecule has 0 saturated carbocycles. The Balaban J connectivity index is 1.75. The van der Waals surface area contributed by atoms with Crippen molar-refractivity contribution >= 4 is 29.3 Å². The number of tetrazole rings is 1. The fourth-order valence-corrected chi connectivity index (χ4v) is 2.28. The van der Waals surface area contributed by atoms with Crippen molar-refractivity contribution in [2.45, 2.75) is 6.92 Å². The fraction of sp³-hybridized carbons (Fsp3) is 0.0588. The van der Waals surface area contributed by atoms with E-state index in [1.54, 1.807) is 12.1 Å². The van der Waals surface area contributed by atoms with Crippen LogP contribution in [0.15, 0.2) is 48.8 Å². The first kappa shape index (κ1) is 16.8. The number of hydrogen-bond donors (Lipinski definition) is 1. The minimum Gasteiger partial charge on any atom is -0.320 e. The third-order valence-corrected chi connectivity index (χ3v) is 3.85. The van der Waals surface area contributed by atoms with Gasteiger partial charge in [0.05, 0.1) is 11.4 Å². The average molecular weight is 358 g/mol. The second-order valence-electron chi connectivity index (χ2n) is 5.25. The molecule has 0 fully saturated rings. The summed E-state index contributed by atoms with van der Waals surface area (Å²) in [6.07, 6.45) is 4.29. The van der Waals surface area contributed by atoms with E-state index in [2.05, 4.69) is 20.8 Å². The normalized spacial score (nSPS) is 11.0. The Kier molecular flexibility index (Phi) is 4.85. The van der Waals surface area contributed by atoms with Gasteiger partial charge in [-0.15, -0.1) is 5.10 Å². The van der Waals surface area contributed by atoms with Crippen LogP contribution in [0, 0.1) is 12.7 Å². The van der Waals surface area contributed by atoms with Gasteiger partial charge in [0.2, 0.25) is 5.91 Å². The fourth-order valence-electron chi connectivity index (χ4n) is 2.09. The molecule has 1 heterocycles. The predicted molar refractivity (Wildman–Crippen MR) is 93.0 cm³/mol. The lowest BCUT2D eigenvalue weighted by Crippen LogP contribution is -2.10. The quantitative estimate of drug-likeness (QED) is 0.726. The number of nitrogens with one attached hydrogen (secondary N) is 1. The van der Waals surface area contributed by atoms with Crippen molar-refractivity contribution in [3.63, 3.8) is 0 Å². The molecule has 0 aliphatic carbocycles. The molecule has 0 aliphatic heterocycles. The number of amides is 1. The molecule has 0 radical (unpaired) electrons. The van der Waals surface area contributed by atoms with Gasteiger partial charge in [-0.05, 0) is 58.8 Å². The molecule has 0 unspecified atom stereocenters. The summed E-state index contributed by atoms with van der Waals surface area (Å²) in [5.74, 6) is -1.03. The number of benzene rings is 2. The van der Waals surface area contributed by atoms with Crippen LogP contribution in [0.2, 0.25) is 5.02 Å². The Morgan fingerprint density at radius 3 is 2.84 bits per heavy atom. The maximum absolute atomic E-state index is 13.9. The summed E-state index contributed by atoms with van der Waals surface area (Å²) in [5, 5.41) is 13.9. The number of aryl methyl sites for hydroxylation is 1. The highest BCUT2D eigenvalue weighted by atomic mass is 35.5. The van der Waals surface area contributed by atoms with Crippen molar-refractivity contribution < 1.29 is 9.18 Å². The Hall–Kier alpha value is -3.06. The largest absolute Gasteiger partial charge is 0.320 e. The van der Waals surface area contributed by atoms with Crippen molar-refractivity contribution in [1.82, 2.24) is 20.2 Å². The maximum Gasteiger partial charge on any atom is 0.248 e. The maximum atomic E-state index is 13.9. The Bertz CT molecular complexity index is 940. The summed E-state index contributed by atoms with van der Waals surface area (Å²) in [7, 11) is 0. The van der Waals surface area contributed by atoms with Gasteiger partial charge in [0, 0.05) is 11.1 Å². The lowest BCUT2D eigenvalue weighted by atomic mass is 10.1. The van der Waals surface area contributed by atoms with E-state index in [-0.39, 0.29) is 5.69 Å². The molecule has 2 aromatic carbocycles. The number of anilines is 1. The van der Waals surface area contributed by atoms with E-state index in [4.69, 9.17) is 11.6 Å². The number of carbonyl (C=O) groups is 1. The van der Waals surface area contributed by atoms with Crippen LogP contribution in [0.1, 0.15) is 11.1 Å². The van der Waals surface area contributed by atoms with Gasteiger partial charge in [-0.2, -0.15) is 0 Å². The van der Waals surface area contributed by atoms with Crippen molar-refractivity contribution in [3.05, 3.63) is 70.8 Å². The monoisotopic (exact) mass is 357 g/mol. The van der Waals surface area contributed by atoms with E-state index in [0.29, 0.717) is 10.7 Å². The standard InChI is InChI=1S/C17H13ClFN5O/c1-11-2-3-12(8-14(11)18)4-7-17(25)21-16-9-13(5-6-15(16)19)24-10-20-22-23-24/h2-10H,1H3,(H,21,25). The van der Waals surface area contributed by atoms with Gasteiger partial charge in [-0.1, -0.05) is 23.7 Å². The van der Waals surface area contributed by atoms with Crippen LogP contribution >= 0.6 is 11.6 Å². The molecule has 6 nitrogen and oxygen atoms in total. The molecule has 8 heteroatoms. The molecular formula is C17H13ClFN5O. The van der Waals surface area contributed by atoms with Gasteiger partial charge < -0.3 is 5.32 Å². The number of halogens is 2. The van der Waals surface area contributed by atoms with Crippen molar-refractivity contribution in [3.8, 4) is 5.69 Å². The van der Waals surface area contributed by atoms with E-state index in [1.165, 1.54) is 35.3 Å². The molecule has 0 spiro atoms. The van der Waals surface area contributed by atoms with Gasteiger partial charge >= 0.3 is 0 Å². The third kappa shape index (κ3) is 4.07. The second-order valence-corrected chi connectivity index (χ2v) is 5.66. The van der Waals surface area contributed by atoms with Crippen LogP contribution in [0.4, 0.5) is 10.1 Å². The highest BCUT2D eigenvalue weighted by Gasteiger charge is 2.08. The predicted octanol–water partition coefficient (Wildman–Crippen LogP) is 3.42. The Morgan fingerprint density at radius 1 is 1.28 bits per heavy atom. The van der Waals surface area contributed by atoms with Crippen LogP contribution in [0.25, 0.3) is 11.8 Å². The van der Waals surface area contributed by atoms with E-state index in [0.717, 1.165) is 11.1 Å². The van der Waals surface area contributed by atoms with Gasteiger partial charge in [0.25, 0.3) is 0 Å². The zero-order valence-electron chi connectivity index (χ0n) is 13.1. The highest BCUT2D eigenvalue weighted by Crippen LogP contribution is 2.19. The number of carbonyl (C=O) groups excluding carboxylic acids is 1. The molecule has 25 heavy (non-hydrogen) atoms. The number of aromatic nitrogens is 4. The molecule has 3 aromatic rings. The molecule has 0 aliphatic rings. The first-order valence-corrected chi connectivity index (χ1v) is 7.69. The SMILES string of the molecule is Cc1ccc(C=CC(=O)Nc2cc(-n3cnnn3)ccc2F)cc1Cl. The van der Waals surface area contributed by atoms with Crippen molar-refractivity contribution in [2.24, 2.45) is 0 Å². The summed E-state index contributed by atoms with van der Waals surface area (Å²) in [6.45, 7) is 1.89. The summed E-state index contributed by atoms with van der Waals surface area (Å²) in [5.41, 5.74) is 2.28. The molecule has 1 aromatic heterocycles. The highest BCUT2D eigenvalue weighted by molar-refractivity contribution is 6.31. The summed E-state index contributed by atoms with van der Waals surface area (Å²) in [6, 6.07) is 9.63. The van der Waals surface area contributed by atoms with Gasteiger partial charge in [0.15, 0.2) is 0 Å². The Morgan fingerprint density at radius 2 is 2.12 bits per heavy atom. The van der Waals surface area contributed by atoms with Crippen LogP contribution < -0.4 is 5.32 Å². The van der Waals surface area contributed by atoms with Crippen LogP contribution in [0.5, 0.6) is 0 Å². The number of rotatable bonds is 4. The lowest BCUT2D eigenvalue weighted by molar-refractivity contribution is -0.111.